The first-order chi connectivity index (χ1) is 26.4. The van der Waals surface area contributed by atoms with Gasteiger partial charge in [0.1, 0.15) is 23.7 Å². The van der Waals surface area contributed by atoms with E-state index in [2.05, 4.69) is 91.8 Å². The molecule has 3 rings (SSSR count). The summed E-state index contributed by atoms with van der Waals surface area (Å²) >= 11 is 0. The second-order valence-electron chi connectivity index (χ2n) is 14.7. The van der Waals surface area contributed by atoms with Crippen LogP contribution in [-0.2, 0) is 19.4 Å². The Labute approximate surface area is 329 Å². The second-order valence-corrected chi connectivity index (χ2v) is 16.1. The van der Waals surface area contributed by atoms with E-state index in [9.17, 15) is 0 Å². The van der Waals surface area contributed by atoms with E-state index in [4.69, 9.17) is 29.8 Å². The Bertz CT molecular complexity index is 1360. The van der Waals surface area contributed by atoms with Gasteiger partial charge in [0.05, 0.1) is 20.8 Å². The van der Waals surface area contributed by atoms with Gasteiger partial charge in [0.25, 0.3) is 8.53 Å². The number of hydrogen-bond acceptors (Lipinski definition) is 6. The standard InChI is InChI=1S/C46H69N2O5P/c1-39(2)48(40(3)4)54(53-38-35-47-5)52-37-24-19-17-15-13-11-9-8-10-12-14-16-18-23-36-51-46(41-25-21-20-22-26-41,42-27-31-44(49-6)32-28-42)43-29-33-45(50-7)34-30-43/h20-22,25-34,39-40H,8-19,23-24,35-38H2,1-4,6-7H3. The molecule has 298 valence electrons. The van der Waals surface area contributed by atoms with Crippen LogP contribution in [0, 0.1) is 6.57 Å². The van der Waals surface area contributed by atoms with Gasteiger partial charge in [0.2, 0.25) is 6.54 Å². The van der Waals surface area contributed by atoms with Crippen LogP contribution in [0.25, 0.3) is 4.85 Å². The van der Waals surface area contributed by atoms with E-state index >= 15 is 0 Å². The molecule has 0 fully saturated rings. The first-order valence-electron chi connectivity index (χ1n) is 20.5. The van der Waals surface area contributed by atoms with Crippen molar-refractivity contribution in [1.29, 1.82) is 0 Å². The third-order valence-electron chi connectivity index (χ3n) is 9.88. The highest BCUT2D eigenvalue weighted by Crippen LogP contribution is 2.46. The maximum absolute atomic E-state index is 7.04. The predicted molar refractivity (Wildman–Crippen MR) is 225 cm³/mol. The highest BCUT2D eigenvalue weighted by molar-refractivity contribution is 7.44. The van der Waals surface area contributed by atoms with E-state index in [0.29, 0.717) is 31.8 Å². The van der Waals surface area contributed by atoms with Gasteiger partial charge in [-0.2, -0.15) is 0 Å². The minimum absolute atomic E-state index is 0.347. The highest BCUT2D eigenvalue weighted by Gasteiger charge is 2.37. The maximum Gasteiger partial charge on any atom is 0.259 e. The van der Waals surface area contributed by atoms with Crippen LogP contribution in [0.1, 0.15) is 134 Å². The molecule has 0 saturated heterocycles. The Morgan fingerprint density at radius 3 is 1.33 bits per heavy atom. The monoisotopic (exact) mass is 760 g/mol. The predicted octanol–water partition coefficient (Wildman–Crippen LogP) is 12.8. The minimum Gasteiger partial charge on any atom is -0.497 e. The van der Waals surface area contributed by atoms with Crippen LogP contribution in [0.4, 0.5) is 0 Å². The van der Waals surface area contributed by atoms with Crippen LogP contribution in [-0.4, -0.2) is 57.3 Å². The van der Waals surface area contributed by atoms with Gasteiger partial charge in [-0.1, -0.05) is 132 Å². The molecule has 0 amide bonds. The van der Waals surface area contributed by atoms with Gasteiger partial charge in [-0.3, -0.25) is 0 Å². The fourth-order valence-electron chi connectivity index (χ4n) is 7.08. The topological polar surface area (TPSA) is 53.8 Å². The fraction of sp³-hybridized carbons (Fsp3) is 0.587. The van der Waals surface area contributed by atoms with E-state index in [0.717, 1.165) is 47.6 Å². The van der Waals surface area contributed by atoms with Crippen molar-refractivity contribution < 1.29 is 23.3 Å². The highest BCUT2D eigenvalue weighted by atomic mass is 31.2. The van der Waals surface area contributed by atoms with Crippen LogP contribution in [0.3, 0.4) is 0 Å². The van der Waals surface area contributed by atoms with Crippen molar-refractivity contribution in [3.63, 3.8) is 0 Å². The van der Waals surface area contributed by atoms with E-state index in [1.54, 1.807) is 14.2 Å². The van der Waals surface area contributed by atoms with Crippen molar-refractivity contribution in [2.24, 2.45) is 0 Å². The summed E-state index contributed by atoms with van der Waals surface area (Å²) in [4.78, 5) is 3.43. The molecule has 3 aromatic rings. The molecule has 0 radical (unpaired) electrons. The molecule has 0 aliphatic heterocycles. The number of unbranched alkanes of at least 4 members (excludes halogenated alkanes) is 13. The molecule has 0 spiro atoms. The normalized spacial score (nSPS) is 12.4. The fourth-order valence-corrected chi connectivity index (χ4v) is 8.69. The smallest absolute Gasteiger partial charge is 0.259 e. The summed E-state index contributed by atoms with van der Waals surface area (Å²) in [6.45, 7) is 18.0. The molecule has 1 unspecified atom stereocenters. The molecule has 0 aliphatic carbocycles. The molecule has 7 nitrogen and oxygen atoms in total. The minimum atomic E-state index is -1.11. The number of methoxy groups -OCH3 is 2. The number of hydrogen-bond donors (Lipinski definition) is 0. The number of benzene rings is 3. The lowest BCUT2D eigenvalue weighted by atomic mass is 9.80. The second kappa shape index (κ2) is 26.8. The van der Waals surface area contributed by atoms with Crippen molar-refractivity contribution in [1.82, 2.24) is 4.67 Å². The van der Waals surface area contributed by atoms with Crippen LogP contribution in [0.5, 0.6) is 11.5 Å². The molecule has 0 N–H and O–H groups in total. The van der Waals surface area contributed by atoms with Crippen LogP contribution < -0.4 is 9.47 Å². The number of nitrogens with zero attached hydrogens (tertiary/aromatic N) is 2. The lowest BCUT2D eigenvalue weighted by Gasteiger charge is -2.36. The number of ether oxygens (including phenoxy) is 3. The van der Waals surface area contributed by atoms with E-state index in [-0.39, 0.29) is 0 Å². The van der Waals surface area contributed by atoms with E-state index in [1.165, 1.54) is 77.0 Å². The van der Waals surface area contributed by atoms with Gasteiger partial charge in [-0.25, -0.2) is 11.2 Å². The van der Waals surface area contributed by atoms with Gasteiger partial charge in [-0.15, -0.1) is 0 Å². The Balaban J connectivity index is 1.31. The molecule has 0 heterocycles. The van der Waals surface area contributed by atoms with Crippen LogP contribution >= 0.6 is 8.53 Å². The zero-order valence-corrected chi connectivity index (χ0v) is 35.2. The number of rotatable bonds is 30. The molecule has 0 aromatic heterocycles. The maximum atomic E-state index is 7.04. The molecule has 3 aromatic carbocycles. The molecule has 1 atom stereocenters. The van der Waals surface area contributed by atoms with Crippen molar-refractivity contribution in [2.75, 3.05) is 40.6 Å². The summed E-state index contributed by atoms with van der Waals surface area (Å²) in [5, 5.41) is 0. The quantitative estimate of drug-likeness (QED) is 0.0292. The SMILES string of the molecule is [C-]#[N+]CCOP(OCCCCCCCCCCCCCCCCOC(c1ccccc1)(c1ccc(OC)cc1)c1ccc(OC)cc1)N(C(C)C)C(C)C. The van der Waals surface area contributed by atoms with Crippen molar-refractivity contribution in [2.45, 2.75) is 135 Å². The molecule has 0 bridgehead atoms. The van der Waals surface area contributed by atoms with Gasteiger partial charge >= 0.3 is 0 Å². The molecule has 0 aliphatic rings. The summed E-state index contributed by atoms with van der Waals surface area (Å²) in [6.07, 6.45) is 17.6. The van der Waals surface area contributed by atoms with Gasteiger partial charge in [0, 0.05) is 18.7 Å². The molecular formula is C46H69N2O5P. The zero-order valence-electron chi connectivity index (χ0n) is 34.3. The molecule has 8 heteroatoms. The summed E-state index contributed by atoms with van der Waals surface area (Å²) in [6, 6.07) is 27.8. The summed E-state index contributed by atoms with van der Waals surface area (Å²) in [5.41, 5.74) is 2.53. The Morgan fingerprint density at radius 2 is 0.926 bits per heavy atom. The average Bonchev–Trinajstić information content (AvgIpc) is 3.19. The van der Waals surface area contributed by atoms with Gasteiger partial charge in [-0.05, 0) is 81.5 Å². The molecule has 54 heavy (non-hydrogen) atoms. The molecular weight excluding hydrogens is 691 g/mol. The first-order valence-corrected chi connectivity index (χ1v) is 21.7. The summed E-state index contributed by atoms with van der Waals surface area (Å²) in [7, 11) is 2.29. The van der Waals surface area contributed by atoms with Crippen LogP contribution in [0.2, 0.25) is 0 Å². The van der Waals surface area contributed by atoms with Gasteiger partial charge < -0.3 is 28.1 Å². The van der Waals surface area contributed by atoms with E-state index < -0.39 is 14.1 Å². The Hall–Kier alpha value is -2.98. The third kappa shape index (κ3) is 15.3. The first kappa shape index (κ1) is 45.4. The Kier molecular flexibility index (Phi) is 22.5. The summed E-state index contributed by atoms with van der Waals surface area (Å²) in [5.74, 6) is 1.66. The molecule has 0 saturated carbocycles. The Morgan fingerprint density at radius 1 is 0.537 bits per heavy atom. The zero-order chi connectivity index (χ0) is 38.9. The van der Waals surface area contributed by atoms with Crippen molar-refractivity contribution >= 4 is 8.53 Å². The summed E-state index contributed by atoms with van der Waals surface area (Å²) < 4.78 is 32.5. The van der Waals surface area contributed by atoms with Gasteiger partial charge in [0.15, 0.2) is 0 Å². The largest absolute Gasteiger partial charge is 0.497 e. The lowest BCUT2D eigenvalue weighted by Crippen LogP contribution is -2.33. The van der Waals surface area contributed by atoms with Crippen molar-refractivity contribution in [3.8, 4) is 11.5 Å². The van der Waals surface area contributed by atoms with Crippen molar-refractivity contribution in [3.05, 3.63) is 107 Å². The van der Waals surface area contributed by atoms with Crippen LogP contribution in [0.15, 0.2) is 78.9 Å². The van der Waals surface area contributed by atoms with E-state index in [1.807, 2.05) is 24.3 Å². The third-order valence-corrected chi connectivity index (χ3v) is 12.0. The average molecular weight is 761 g/mol. The lowest BCUT2D eigenvalue weighted by molar-refractivity contribution is 0.0106.